The van der Waals surface area contributed by atoms with Crippen molar-refractivity contribution in [1.29, 1.82) is 0 Å². The lowest BCUT2D eigenvalue weighted by Gasteiger charge is -1.90. The standard InChI is InChI=1S/C6H7NO3/c1-4(8)5-3-6(9)10-7(5)2/h3H,1-2H3. The summed E-state index contributed by atoms with van der Waals surface area (Å²) in [6.07, 6.45) is 0. The number of nitrogens with zero attached hydrogens (tertiary/aromatic N) is 1. The molecule has 0 bridgehead atoms. The third kappa shape index (κ3) is 1.00. The molecule has 0 saturated carbocycles. The van der Waals surface area contributed by atoms with Crippen molar-refractivity contribution >= 4 is 5.78 Å². The number of aromatic nitrogens is 1. The van der Waals surface area contributed by atoms with Crippen molar-refractivity contribution in [2.45, 2.75) is 6.92 Å². The van der Waals surface area contributed by atoms with Crippen molar-refractivity contribution in [3.8, 4) is 0 Å². The SMILES string of the molecule is CC(=O)c1cc(=O)on1C. The first-order valence-corrected chi connectivity index (χ1v) is 2.79. The molecule has 0 atom stereocenters. The van der Waals surface area contributed by atoms with E-state index < -0.39 is 5.63 Å². The molecule has 0 unspecified atom stereocenters. The zero-order valence-corrected chi connectivity index (χ0v) is 5.75. The molecular formula is C6H7NO3. The average molecular weight is 141 g/mol. The van der Waals surface area contributed by atoms with Gasteiger partial charge in [0, 0.05) is 14.0 Å². The zero-order valence-electron chi connectivity index (χ0n) is 5.75. The van der Waals surface area contributed by atoms with Gasteiger partial charge in [-0.25, -0.2) is 9.53 Å². The number of Topliss-reactive ketones (excluding diaryl/α,β-unsaturated/α-hetero) is 1. The number of carbonyl (C=O) groups is 1. The maximum Gasteiger partial charge on any atom is 0.358 e. The quantitative estimate of drug-likeness (QED) is 0.524. The fourth-order valence-corrected chi connectivity index (χ4v) is 0.736. The van der Waals surface area contributed by atoms with Crippen LogP contribution in [0.25, 0.3) is 0 Å². The molecule has 54 valence electrons. The summed E-state index contributed by atoms with van der Waals surface area (Å²) >= 11 is 0. The minimum atomic E-state index is -0.493. The monoisotopic (exact) mass is 141 g/mol. The lowest BCUT2D eigenvalue weighted by atomic mass is 10.3. The Kier molecular flexibility index (Phi) is 1.45. The summed E-state index contributed by atoms with van der Waals surface area (Å²) in [5, 5.41) is 0. The van der Waals surface area contributed by atoms with Crippen LogP contribution in [-0.2, 0) is 7.05 Å². The van der Waals surface area contributed by atoms with Gasteiger partial charge >= 0.3 is 5.63 Å². The molecule has 0 spiro atoms. The zero-order chi connectivity index (χ0) is 7.72. The summed E-state index contributed by atoms with van der Waals surface area (Å²) in [4.78, 5) is 21.1. The number of carbonyl (C=O) groups excluding carboxylic acids is 1. The van der Waals surface area contributed by atoms with Crippen LogP contribution < -0.4 is 5.63 Å². The van der Waals surface area contributed by atoms with E-state index in [1.165, 1.54) is 20.0 Å². The second-order valence-electron chi connectivity index (χ2n) is 1.99. The Hall–Kier alpha value is -1.32. The van der Waals surface area contributed by atoms with E-state index in [1.54, 1.807) is 0 Å². The highest BCUT2D eigenvalue weighted by Crippen LogP contribution is 1.94. The van der Waals surface area contributed by atoms with Crippen LogP contribution in [0.2, 0.25) is 0 Å². The van der Waals surface area contributed by atoms with Crippen LogP contribution in [0, 0.1) is 0 Å². The third-order valence-corrected chi connectivity index (χ3v) is 1.18. The molecule has 1 aromatic rings. The second kappa shape index (κ2) is 2.13. The van der Waals surface area contributed by atoms with Gasteiger partial charge in [0.05, 0.1) is 6.07 Å². The van der Waals surface area contributed by atoms with Crippen LogP contribution in [0.1, 0.15) is 17.4 Å². The number of ketones is 1. The van der Waals surface area contributed by atoms with Crippen molar-refractivity contribution < 1.29 is 9.32 Å². The Morgan fingerprint density at radius 3 is 2.50 bits per heavy atom. The number of aryl methyl sites for hydroxylation is 1. The van der Waals surface area contributed by atoms with Crippen LogP contribution in [0.4, 0.5) is 0 Å². The van der Waals surface area contributed by atoms with E-state index in [4.69, 9.17) is 0 Å². The van der Waals surface area contributed by atoms with Gasteiger partial charge in [-0.3, -0.25) is 4.79 Å². The summed E-state index contributed by atoms with van der Waals surface area (Å²) in [7, 11) is 1.51. The van der Waals surface area contributed by atoms with E-state index in [9.17, 15) is 9.59 Å². The highest BCUT2D eigenvalue weighted by Gasteiger charge is 2.06. The first-order chi connectivity index (χ1) is 4.61. The van der Waals surface area contributed by atoms with E-state index in [-0.39, 0.29) is 5.78 Å². The molecule has 10 heavy (non-hydrogen) atoms. The highest BCUT2D eigenvalue weighted by atomic mass is 16.5. The Balaban J connectivity index is 3.28. The molecule has 0 radical (unpaired) electrons. The van der Waals surface area contributed by atoms with E-state index in [2.05, 4.69) is 4.52 Å². The molecule has 0 aromatic carbocycles. The van der Waals surface area contributed by atoms with Gasteiger partial charge in [-0.2, -0.15) is 0 Å². The van der Waals surface area contributed by atoms with Crippen LogP contribution in [0.5, 0.6) is 0 Å². The minimum absolute atomic E-state index is 0.173. The van der Waals surface area contributed by atoms with Crippen molar-refractivity contribution in [3.63, 3.8) is 0 Å². The fourth-order valence-electron chi connectivity index (χ4n) is 0.736. The molecule has 1 aromatic heterocycles. The number of hydrogen-bond donors (Lipinski definition) is 0. The Bertz CT molecular complexity index is 307. The molecule has 0 fully saturated rings. The summed E-state index contributed by atoms with van der Waals surface area (Å²) < 4.78 is 5.67. The highest BCUT2D eigenvalue weighted by molar-refractivity contribution is 5.92. The molecule has 1 heterocycles. The van der Waals surface area contributed by atoms with Crippen LogP contribution in [0.15, 0.2) is 15.4 Å². The topological polar surface area (TPSA) is 52.2 Å². The molecular weight excluding hydrogens is 134 g/mol. The molecule has 0 amide bonds. The molecule has 0 aliphatic rings. The van der Waals surface area contributed by atoms with Crippen LogP contribution >= 0.6 is 0 Å². The van der Waals surface area contributed by atoms with Crippen molar-refractivity contribution in [2.24, 2.45) is 7.05 Å². The van der Waals surface area contributed by atoms with Gasteiger partial charge in [0.25, 0.3) is 0 Å². The molecule has 4 nitrogen and oxygen atoms in total. The van der Waals surface area contributed by atoms with Crippen LogP contribution in [-0.4, -0.2) is 10.5 Å². The summed E-state index contributed by atoms with van der Waals surface area (Å²) in [6, 6.07) is 1.17. The van der Waals surface area contributed by atoms with Gasteiger partial charge < -0.3 is 4.52 Å². The average Bonchev–Trinajstić information content (AvgIpc) is 2.10. The van der Waals surface area contributed by atoms with Crippen LogP contribution in [0.3, 0.4) is 0 Å². The van der Waals surface area contributed by atoms with Gasteiger partial charge in [-0.15, -0.1) is 0 Å². The Labute approximate surface area is 57.0 Å². The van der Waals surface area contributed by atoms with Crippen molar-refractivity contribution in [3.05, 3.63) is 22.2 Å². The maximum absolute atomic E-state index is 10.7. The van der Waals surface area contributed by atoms with E-state index >= 15 is 0 Å². The van der Waals surface area contributed by atoms with Gasteiger partial charge in [-0.05, 0) is 0 Å². The lowest BCUT2D eigenvalue weighted by molar-refractivity contribution is 0.0994. The minimum Gasteiger partial charge on any atom is -0.336 e. The lowest BCUT2D eigenvalue weighted by Crippen LogP contribution is -1.99. The molecule has 0 saturated heterocycles. The fraction of sp³-hybridized carbons (Fsp3) is 0.333. The summed E-state index contributed by atoms with van der Waals surface area (Å²) in [5.74, 6) is -0.173. The van der Waals surface area contributed by atoms with Gasteiger partial charge in [0.15, 0.2) is 5.78 Å². The first kappa shape index (κ1) is 6.80. The summed E-state index contributed by atoms with van der Waals surface area (Å²) in [5.41, 5.74) is -0.197. The number of hydrogen-bond acceptors (Lipinski definition) is 3. The molecule has 0 N–H and O–H groups in total. The predicted molar refractivity (Wildman–Crippen MR) is 34.0 cm³/mol. The van der Waals surface area contributed by atoms with Gasteiger partial charge in [0.1, 0.15) is 5.69 Å². The molecule has 0 aliphatic carbocycles. The first-order valence-electron chi connectivity index (χ1n) is 2.79. The van der Waals surface area contributed by atoms with Crippen molar-refractivity contribution in [1.82, 2.24) is 4.74 Å². The summed E-state index contributed by atoms with van der Waals surface area (Å²) in [6.45, 7) is 1.38. The Morgan fingerprint density at radius 1 is 1.70 bits per heavy atom. The van der Waals surface area contributed by atoms with Gasteiger partial charge in [-0.1, -0.05) is 0 Å². The number of rotatable bonds is 1. The normalized spacial score (nSPS) is 9.80. The maximum atomic E-state index is 10.7. The second-order valence-corrected chi connectivity index (χ2v) is 1.99. The van der Waals surface area contributed by atoms with E-state index in [0.717, 1.165) is 4.74 Å². The van der Waals surface area contributed by atoms with E-state index in [0.29, 0.717) is 5.69 Å². The predicted octanol–water partition coefficient (Wildman–Crippen LogP) is 0.181. The molecule has 1 rings (SSSR count). The Morgan fingerprint density at radius 2 is 2.30 bits per heavy atom. The third-order valence-electron chi connectivity index (χ3n) is 1.18. The smallest absolute Gasteiger partial charge is 0.336 e. The van der Waals surface area contributed by atoms with Crippen molar-refractivity contribution in [2.75, 3.05) is 0 Å². The molecule has 0 aliphatic heterocycles. The van der Waals surface area contributed by atoms with Gasteiger partial charge in [0.2, 0.25) is 0 Å². The largest absolute Gasteiger partial charge is 0.358 e. The van der Waals surface area contributed by atoms with E-state index in [1.807, 2.05) is 0 Å². The molecule has 4 heteroatoms.